The van der Waals surface area contributed by atoms with Crippen LogP contribution >= 0.6 is 0 Å². The van der Waals surface area contributed by atoms with Gasteiger partial charge in [-0.3, -0.25) is 24.1 Å². The lowest BCUT2D eigenvalue weighted by Gasteiger charge is -2.16. The third kappa shape index (κ3) is 4.19. The average molecular weight is 346 g/mol. The van der Waals surface area contributed by atoms with E-state index in [1.807, 2.05) is 0 Å². The molecular formula is C16H18N4O5. The summed E-state index contributed by atoms with van der Waals surface area (Å²) >= 11 is 0. The molecule has 0 spiro atoms. The Balaban J connectivity index is 1.99. The highest BCUT2D eigenvalue weighted by molar-refractivity contribution is 6.44. The van der Waals surface area contributed by atoms with Gasteiger partial charge in [0.05, 0.1) is 13.1 Å². The highest BCUT2D eigenvalue weighted by Crippen LogP contribution is 2.15. The minimum atomic E-state index is -1.06. The molecule has 0 bridgehead atoms. The van der Waals surface area contributed by atoms with Crippen molar-refractivity contribution in [3.8, 4) is 0 Å². The molecule has 1 aromatic rings. The summed E-state index contributed by atoms with van der Waals surface area (Å²) in [5, 5.41) is 2.31. The second kappa shape index (κ2) is 7.56. The second-order valence-corrected chi connectivity index (χ2v) is 5.62. The molecule has 2 rings (SSSR count). The third-order valence-electron chi connectivity index (χ3n) is 3.56. The van der Waals surface area contributed by atoms with Crippen LogP contribution in [0.15, 0.2) is 30.3 Å². The van der Waals surface area contributed by atoms with Crippen LogP contribution in [-0.2, 0) is 25.7 Å². The number of benzene rings is 1. The molecule has 0 saturated carbocycles. The van der Waals surface area contributed by atoms with Crippen molar-refractivity contribution in [2.45, 2.75) is 6.54 Å². The van der Waals surface area contributed by atoms with E-state index in [0.717, 1.165) is 4.90 Å². The summed E-state index contributed by atoms with van der Waals surface area (Å²) in [5.74, 6) is -3.08. The molecular weight excluding hydrogens is 328 g/mol. The fourth-order valence-electron chi connectivity index (χ4n) is 2.13. The van der Waals surface area contributed by atoms with Gasteiger partial charge in [0.2, 0.25) is 11.8 Å². The fourth-order valence-corrected chi connectivity index (χ4v) is 2.13. The number of hydrogen-bond donors (Lipinski definition) is 1. The summed E-state index contributed by atoms with van der Waals surface area (Å²) in [6.07, 6.45) is 0. The summed E-state index contributed by atoms with van der Waals surface area (Å²) in [6.45, 7) is -0.930. The van der Waals surface area contributed by atoms with Gasteiger partial charge in [0.1, 0.15) is 6.54 Å². The maximum atomic E-state index is 12.3. The first-order valence-electron chi connectivity index (χ1n) is 7.49. The van der Waals surface area contributed by atoms with Crippen LogP contribution in [0.1, 0.15) is 5.56 Å². The van der Waals surface area contributed by atoms with Crippen LogP contribution < -0.4 is 5.32 Å². The zero-order valence-electron chi connectivity index (χ0n) is 13.9. The molecule has 9 heteroatoms. The maximum absolute atomic E-state index is 12.3. The smallest absolute Gasteiger partial charge is 0.335 e. The molecule has 0 unspecified atom stereocenters. The Morgan fingerprint density at radius 1 is 1.00 bits per heavy atom. The largest absolute Gasteiger partial charge is 0.347 e. The number of hydrogen-bond acceptors (Lipinski definition) is 5. The van der Waals surface area contributed by atoms with Crippen molar-refractivity contribution in [1.82, 2.24) is 20.0 Å². The van der Waals surface area contributed by atoms with Crippen molar-refractivity contribution in [2.75, 3.05) is 27.2 Å². The van der Waals surface area contributed by atoms with Crippen LogP contribution in [0.5, 0.6) is 0 Å². The fraction of sp³-hybridized carbons (Fsp3) is 0.312. The quantitative estimate of drug-likeness (QED) is 0.535. The van der Waals surface area contributed by atoms with E-state index >= 15 is 0 Å². The number of carbonyl (C=O) groups excluding carboxylic acids is 5. The van der Waals surface area contributed by atoms with Gasteiger partial charge in [0, 0.05) is 14.1 Å². The normalized spacial score (nSPS) is 14.1. The first-order valence-corrected chi connectivity index (χ1v) is 7.49. The molecule has 6 amide bonds. The van der Waals surface area contributed by atoms with Crippen LogP contribution in [0.3, 0.4) is 0 Å². The molecule has 1 aromatic carbocycles. The van der Waals surface area contributed by atoms with Gasteiger partial charge in [-0.05, 0) is 5.56 Å². The number of carbonyl (C=O) groups is 5. The Labute approximate surface area is 144 Å². The number of nitrogens with zero attached hydrogens (tertiary/aromatic N) is 3. The van der Waals surface area contributed by atoms with Gasteiger partial charge in [-0.15, -0.1) is 0 Å². The van der Waals surface area contributed by atoms with Gasteiger partial charge in [-0.1, -0.05) is 30.3 Å². The molecule has 1 aliphatic heterocycles. The van der Waals surface area contributed by atoms with Gasteiger partial charge in [-0.25, -0.2) is 9.69 Å². The standard InChI is InChI=1S/C16H18N4O5/c1-18(2)13(22)8-17-12(21)10-20-15(24)14(23)19(16(20)25)9-11-6-4-3-5-7-11/h3-7H,8-10H2,1-2H3,(H,17,21). The van der Waals surface area contributed by atoms with Crippen LogP contribution in [0, 0.1) is 0 Å². The molecule has 1 heterocycles. The van der Waals surface area contributed by atoms with E-state index in [4.69, 9.17) is 0 Å². The summed E-state index contributed by atoms with van der Waals surface area (Å²) in [7, 11) is 3.06. The van der Waals surface area contributed by atoms with Crippen molar-refractivity contribution >= 4 is 29.7 Å². The lowest BCUT2D eigenvalue weighted by Crippen LogP contribution is -2.44. The molecule has 132 valence electrons. The minimum absolute atomic E-state index is 0.0541. The van der Waals surface area contributed by atoms with Crippen molar-refractivity contribution < 1.29 is 24.0 Å². The maximum Gasteiger partial charge on any atom is 0.335 e. The van der Waals surface area contributed by atoms with E-state index in [1.165, 1.54) is 19.0 Å². The van der Waals surface area contributed by atoms with Crippen LogP contribution in [0.25, 0.3) is 0 Å². The molecule has 1 N–H and O–H groups in total. The Morgan fingerprint density at radius 3 is 2.20 bits per heavy atom. The van der Waals surface area contributed by atoms with Crippen LogP contribution in [-0.4, -0.2) is 71.5 Å². The first-order chi connectivity index (χ1) is 11.8. The highest BCUT2D eigenvalue weighted by atomic mass is 16.2. The molecule has 0 aromatic heterocycles. The number of urea groups is 1. The molecule has 1 aliphatic rings. The monoisotopic (exact) mass is 346 g/mol. The summed E-state index contributed by atoms with van der Waals surface area (Å²) in [4.78, 5) is 62.1. The Morgan fingerprint density at radius 2 is 1.60 bits per heavy atom. The van der Waals surface area contributed by atoms with E-state index in [2.05, 4.69) is 5.32 Å². The number of rotatable bonds is 6. The summed E-state index contributed by atoms with van der Waals surface area (Å²) < 4.78 is 0. The van der Waals surface area contributed by atoms with Gasteiger partial charge in [-0.2, -0.15) is 0 Å². The number of likely N-dealkylation sites (N-methyl/N-ethyl adjacent to an activating group) is 1. The number of imide groups is 2. The lowest BCUT2D eigenvalue weighted by molar-refractivity contribution is -0.144. The van der Waals surface area contributed by atoms with Crippen molar-refractivity contribution in [1.29, 1.82) is 0 Å². The molecule has 9 nitrogen and oxygen atoms in total. The van der Waals surface area contributed by atoms with Crippen molar-refractivity contribution in [2.24, 2.45) is 0 Å². The lowest BCUT2D eigenvalue weighted by atomic mass is 10.2. The predicted octanol–water partition coefficient (Wildman–Crippen LogP) is -0.818. The van der Waals surface area contributed by atoms with Crippen molar-refractivity contribution in [3.63, 3.8) is 0 Å². The third-order valence-corrected chi connectivity index (χ3v) is 3.56. The zero-order chi connectivity index (χ0) is 18.6. The first kappa shape index (κ1) is 18.1. The molecule has 0 atom stereocenters. The number of amides is 6. The van der Waals surface area contributed by atoms with E-state index in [0.29, 0.717) is 10.5 Å². The molecule has 0 aliphatic carbocycles. The van der Waals surface area contributed by atoms with E-state index in [9.17, 15) is 24.0 Å². The molecule has 1 fully saturated rings. The van der Waals surface area contributed by atoms with Crippen molar-refractivity contribution in [3.05, 3.63) is 35.9 Å². The molecule has 0 radical (unpaired) electrons. The van der Waals surface area contributed by atoms with E-state index in [-0.39, 0.29) is 19.0 Å². The SMILES string of the molecule is CN(C)C(=O)CNC(=O)CN1C(=O)C(=O)N(Cc2ccccc2)C1=O. The van der Waals surface area contributed by atoms with Gasteiger partial charge < -0.3 is 10.2 Å². The topological polar surface area (TPSA) is 107 Å². The Kier molecular flexibility index (Phi) is 5.48. The highest BCUT2D eigenvalue weighted by Gasteiger charge is 2.45. The summed E-state index contributed by atoms with van der Waals surface area (Å²) in [5.41, 5.74) is 0.680. The second-order valence-electron chi connectivity index (χ2n) is 5.62. The summed E-state index contributed by atoms with van der Waals surface area (Å²) in [6, 6.07) is 7.85. The van der Waals surface area contributed by atoms with Gasteiger partial charge in [0.15, 0.2) is 0 Å². The Hall–Kier alpha value is -3.23. The molecule has 1 saturated heterocycles. The van der Waals surface area contributed by atoms with Gasteiger partial charge in [0.25, 0.3) is 0 Å². The average Bonchev–Trinajstić information content (AvgIpc) is 2.78. The van der Waals surface area contributed by atoms with E-state index in [1.54, 1.807) is 30.3 Å². The van der Waals surface area contributed by atoms with Crippen LogP contribution in [0.2, 0.25) is 0 Å². The van der Waals surface area contributed by atoms with Crippen LogP contribution in [0.4, 0.5) is 4.79 Å². The molecule has 25 heavy (non-hydrogen) atoms. The minimum Gasteiger partial charge on any atom is -0.347 e. The predicted molar refractivity (Wildman–Crippen MR) is 85.8 cm³/mol. The number of nitrogens with one attached hydrogen (secondary N) is 1. The van der Waals surface area contributed by atoms with E-state index < -0.39 is 30.3 Å². The Bertz CT molecular complexity index is 716. The van der Waals surface area contributed by atoms with Gasteiger partial charge >= 0.3 is 17.8 Å². The zero-order valence-corrected chi connectivity index (χ0v) is 13.9.